The van der Waals surface area contributed by atoms with Crippen molar-refractivity contribution in [1.82, 2.24) is 9.78 Å². The van der Waals surface area contributed by atoms with Crippen molar-refractivity contribution in [2.75, 3.05) is 13.2 Å². The Morgan fingerprint density at radius 3 is 2.62 bits per heavy atom. The number of hydrogen-bond donors (Lipinski definition) is 0. The molecule has 0 fully saturated rings. The second-order valence-electron chi connectivity index (χ2n) is 8.28. The molecule has 0 N–H and O–H groups in total. The number of ether oxygens (including phenoxy) is 2. The standard InChI is InChI=1S/C24H18Cl2N2O4/c1-11-7-19(29)32-23-15(11)4-6-18-22(23)21-13(9-30-18)10-31-24-20(21)12(2)27-28(24)14-3-5-16(25)17(26)8-14/h3-8,13,21H,9-10H2,1-2H3/t13-,21-/m1/s1. The number of nitrogens with zero attached hydrogens (tertiary/aromatic N) is 2. The van der Waals surface area contributed by atoms with Crippen molar-refractivity contribution in [3.63, 3.8) is 0 Å². The van der Waals surface area contributed by atoms with Gasteiger partial charge in [-0.25, -0.2) is 9.48 Å². The van der Waals surface area contributed by atoms with Gasteiger partial charge in [-0.2, -0.15) is 5.10 Å². The molecule has 0 radical (unpaired) electrons. The average molecular weight is 469 g/mol. The molecule has 0 spiro atoms. The molecule has 0 aliphatic carbocycles. The first-order valence-electron chi connectivity index (χ1n) is 10.3. The molecule has 2 aromatic carbocycles. The fourth-order valence-corrected chi connectivity index (χ4v) is 5.15. The van der Waals surface area contributed by atoms with Crippen LogP contribution in [0.25, 0.3) is 16.7 Å². The molecule has 6 rings (SSSR count). The van der Waals surface area contributed by atoms with Crippen LogP contribution >= 0.6 is 23.2 Å². The summed E-state index contributed by atoms with van der Waals surface area (Å²) in [4.78, 5) is 12.2. The number of aryl methyl sites for hydroxylation is 2. The van der Waals surface area contributed by atoms with Crippen molar-refractivity contribution < 1.29 is 13.9 Å². The molecule has 162 valence electrons. The molecular weight excluding hydrogens is 451 g/mol. The van der Waals surface area contributed by atoms with Crippen LogP contribution in [0.5, 0.6) is 11.6 Å². The second kappa shape index (κ2) is 7.02. The highest BCUT2D eigenvalue weighted by Gasteiger charge is 2.43. The van der Waals surface area contributed by atoms with Gasteiger partial charge < -0.3 is 13.9 Å². The molecule has 0 saturated heterocycles. The summed E-state index contributed by atoms with van der Waals surface area (Å²) >= 11 is 12.4. The Kier molecular flexibility index (Phi) is 4.32. The molecule has 2 aliphatic rings. The summed E-state index contributed by atoms with van der Waals surface area (Å²) in [6.45, 7) is 4.84. The number of aromatic nitrogens is 2. The van der Waals surface area contributed by atoms with E-state index in [4.69, 9.17) is 42.2 Å². The molecule has 4 heterocycles. The Bertz CT molecular complexity index is 1470. The highest BCUT2D eigenvalue weighted by Crippen LogP contribution is 2.51. The van der Waals surface area contributed by atoms with E-state index >= 15 is 0 Å². The lowest BCUT2D eigenvalue weighted by Crippen LogP contribution is -2.35. The van der Waals surface area contributed by atoms with Gasteiger partial charge in [0.15, 0.2) is 0 Å². The number of halogens is 2. The SMILES string of the molecule is Cc1nn(-c2ccc(Cl)c(Cl)c2)c2c1[C@@H]1c3c(ccc4c(C)cc(=O)oc34)OC[C@@H]1CO2. The third-order valence-corrected chi connectivity index (χ3v) is 7.05. The quantitative estimate of drug-likeness (QED) is 0.348. The van der Waals surface area contributed by atoms with Gasteiger partial charge in [-0.3, -0.25) is 0 Å². The molecule has 32 heavy (non-hydrogen) atoms. The molecular formula is C24H18Cl2N2O4. The summed E-state index contributed by atoms with van der Waals surface area (Å²) in [6, 6.07) is 10.8. The maximum Gasteiger partial charge on any atom is 0.336 e. The van der Waals surface area contributed by atoms with Crippen LogP contribution in [-0.2, 0) is 0 Å². The number of rotatable bonds is 1. The summed E-state index contributed by atoms with van der Waals surface area (Å²) in [5.74, 6) is 1.37. The fourth-order valence-electron chi connectivity index (χ4n) is 4.85. The molecule has 0 unspecified atom stereocenters. The van der Waals surface area contributed by atoms with Crippen LogP contribution in [0, 0.1) is 19.8 Å². The molecule has 6 nitrogen and oxygen atoms in total. The average Bonchev–Trinajstić information content (AvgIpc) is 3.11. The van der Waals surface area contributed by atoms with E-state index in [1.807, 2.05) is 32.0 Å². The Morgan fingerprint density at radius 2 is 1.81 bits per heavy atom. The summed E-state index contributed by atoms with van der Waals surface area (Å²) < 4.78 is 19.7. The highest BCUT2D eigenvalue weighted by molar-refractivity contribution is 6.42. The van der Waals surface area contributed by atoms with Gasteiger partial charge in [0, 0.05) is 34.4 Å². The van der Waals surface area contributed by atoms with Crippen LogP contribution in [0.1, 0.15) is 28.3 Å². The minimum Gasteiger partial charge on any atom is -0.493 e. The topological polar surface area (TPSA) is 66.5 Å². The smallest absolute Gasteiger partial charge is 0.336 e. The van der Waals surface area contributed by atoms with Crippen molar-refractivity contribution in [2.24, 2.45) is 5.92 Å². The largest absolute Gasteiger partial charge is 0.493 e. The van der Waals surface area contributed by atoms with Crippen LogP contribution in [0.15, 0.2) is 45.6 Å². The molecule has 0 bridgehead atoms. The zero-order chi connectivity index (χ0) is 22.1. The first kappa shape index (κ1) is 19.7. The summed E-state index contributed by atoms with van der Waals surface area (Å²) in [6.07, 6.45) is 0. The predicted octanol–water partition coefficient (Wildman–Crippen LogP) is 5.44. The van der Waals surface area contributed by atoms with Gasteiger partial charge in [0.1, 0.15) is 11.3 Å². The van der Waals surface area contributed by atoms with Gasteiger partial charge in [0.25, 0.3) is 0 Å². The normalized spacial score (nSPS) is 19.0. The summed E-state index contributed by atoms with van der Waals surface area (Å²) in [5.41, 5.74) is 4.50. The zero-order valence-electron chi connectivity index (χ0n) is 17.3. The second-order valence-corrected chi connectivity index (χ2v) is 9.09. The van der Waals surface area contributed by atoms with Crippen molar-refractivity contribution in [3.05, 3.63) is 79.2 Å². The van der Waals surface area contributed by atoms with E-state index in [0.29, 0.717) is 34.7 Å². The Balaban J connectivity index is 1.61. The maximum absolute atomic E-state index is 12.2. The Hall–Kier alpha value is -2.96. The number of benzene rings is 2. The van der Waals surface area contributed by atoms with Gasteiger partial charge >= 0.3 is 5.63 Å². The van der Waals surface area contributed by atoms with E-state index in [2.05, 4.69) is 0 Å². The summed E-state index contributed by atoms with van der Waals surface area (Å²) in [5, 5.41) is 6.59. The molecule has 0 saturated carbocycles. The Labute approximate surface area is 193 Å². The number of fused-ring (bicyclic) bond motifs is 7. The number of hydrogen-bond acceptors (Lipinski definition) is 5. The van der Waals surface area contributed by atoms with Crippen LogP contribution in [-0.4, -0.2) is 23.0 Å². The third kappa shape index (κ3) is 2.79. The van der Waals surface area contributed by atoms with Crippen LogP contribution in [0.4, 0.5) is 0 Å². The molecule has 2 aromatic heterocycles. The minimum absolute atomic E-state index is 0.0663. The van der Waals surface area contributed by atoms with Gasteiger partial charge in [0.2, 0.25) is 5.88 Å². The fraction of sp³-hybridized carbons (Fsp3) is 0.250. The third-order valence-electron chi connectivity index (χ3n) is 6.31. The molecule has 2 aliphatic heterocycles. The minimum atomic E-state index is -0.374. The maximum atomic E-state index is 12.2. The van der Waals surface area contributed by atoms with Crippen molar-refractivity contribution in [3.8, 4) is 17.3 Å². The van der Waals surface area contributed by atoms with E-state index < -0.39 is 0 Å². The monoisotopic (exact) mass is 468 g/mol. The van der Waals surface area contributed by atoms with E-state index in [1.165, 1.54) is 6.07 Å². The lowest BCUT2D eigenvalue weighted by molar-refractivity contribution is 0.121. The molecule has 8 heteroatoms. The van der Waals surface area contributed by atoms with Gasteiger partial charge in [0.05, 0.1) is 34.6 Å². The van der Waals surface area contributed by atoms with Gasteiger partial charge in [-0.15, -0.1) is 0 Å². The van der Waals surface area contributed by atoms with Crippen LogP contribution in [0.2, 0.25) is 10.0 Å². The lowest BCUT2D eigenvalue weighted by Gasteiger charge is -2.37. The first-order chi connectivity index (χ1) is 15.4. The van der Waals surface area contributed by atoms with Crippen molar-refractivity contribution in [2.45, 2.75) is 19.8 Å². The molecule has 4 aromatic rings. The predicted molar refractivity (Wildman–Crippen MR) is 122 cm³/mol. The van der Waals surface area contributed by atoms with Crippen LogP contribution in [0.3, 0.4) is 0 Å². The van der Waals surface area contributed by atoms with E-state index in [-0.39, 0.29) is 17.5 Å². The van der Waals surface area contributed by atoms with Gasteiger partial charge in [-0.1, -0.05) is 23.2 Å². The van der Waals surface area contributed by atoms with Crippen molar-refractivity contribution in [1.29, 1.82) is 0 Å². The first-order valence-corrected chi connectivity index (χ1v) is 11.1. The van der Waals surface area contributed by atoms with Crippen molar-refractivity contribution >= 4 is 34.2 Å². The lowest BCUT2D eigenvalue weighted by atomic mass is 9.77. The van der Waals surface area contributed by atoms with E-state index in [1.54, 1.807) is 16.8 Å². The molecule has 0 amide bonds. The zero-order valence-corrected chi connectivity index (χ0v) is 18.8. The highest BCUT2D eigenvalue weighted by atomic mass is 35.5. The van der Waals surface area contributed by atoms with E-state index in [9.17, 15) is 4.79 Å². The van der Waals surface area contributed by atoms with E-state index in [0.717, 1.165) is 39.2 Å². The summed E-state index contributed by atoms with van der Waals surface area (Å²) in [7, 11) is 0. The van der Waals surface area contributed by atoms with Gasteiger partial charge in [-0.05, 0) is 49.7 Å². The van der Waals surface area contributed by atoms with Crippen LogP contribution < -0.4 is 15.1 Å². The molecule has 2 atom stereocenters. The Morgan fingerprint density at radius 1 is 1.00 bits per heavy atom.